The highest BCUT2D eigenvalue weighted by Crippen LogP contribution is 2.31. The second-order valence-corrected chi connectivity index (χ2v) is 9.89. The number of aliphatic hydroxyl groups is 1. The summed E-state index contributed by atoms with van der Waals surface area (Å²) in [5.41, 5.74) is -0.0429. The van der Waals surface area contributed by atoms with Gasteiger partial charge in [-0.3, -0.25) is 0 Å². The van der Waals surface area contributed by atoms with Crippen LogP contribution in [0.25, 0.3) is 0 Å². The van der Waals surface area contributed by atoms with E-state index in [9.17, 15) is 13.5 Å². The SMILES string of the molecule is O=S(=O)(NC1CCCCCCCCC1)c1ccc(C2(O)CCNCC2)cc1. The van der Waals surface area contributed by atoms with E-state index in [-0.39, 0.29) is 6.04 Å². The van der Waals surface area contributed by atoms with Crippen LogP contribution < -0.4 is 10.0 Å². The molecule has 152 valence electrons. The largest absolute Gasteiger partial charge is 0.385 e. The molecular weight excluding hydrogens is 360 g/mol. The third kappa shape index (κ3) is 5.76. The highest BCUT2D eigenvalue weighted by Gasteiger charge is 2.31. The van der Waals surface area contributed by atoms with Crippen molar-refractivity contribution in [3.8, 4) is 0 Å². The molecule has 1 aromatic rings. The molecule has 27 heavy (non-hydrogen) atoms. The van der Waals surface area contributed by atoms with Crippen molar-refractivity contribution < 1.29 is 13.5 Å². The fourth-order valence-electron chi connectivity index (χ4n) is 4.29. The van der Waals surface area contributed by atoms with Gasteiger partial charge in [-0.2, -0.15) is 0 Å². The molecule has 0 amide bonds. The third-order valence-corrected chi connectivity index (χ3v) is 7.60. The molecule has 0 atom stereocenters. The molecule has 0 bridgehead atoms. The predicted molar refractivity (Wildman–Crippen MR) is 108 cm³/mol. The summed E-state index contributed by atoms with van der Waals surface area (Å²) in [7, 11) is -3.52. The van der Waals surface area contributed by atoms with Gasteiger partial charge in [0, 0.05) is 6.04 Å². The minimum Gasteiger partial charge on any atom is -0.385 e. The topological polar surface area (TPSA) is 78.4 Å². The van der Waals surface area contributed by atoms with E-state index in [1.165, 1.54) is 32.1 Å². The summed E-state index contributed by atoms with van der Waals surface area (Å²) in [5, 5.41) is 14.0. The van der Waals surface area contributed by atoms with Gasteiger partial charge in [0.1, 0.15) is 0 Å². The second-order valence-electron chi connectivity index (χ2n) is 8.18. The Balaban J connectivity index is 1.66. The molecule has 1 saturated heterocycles. The Morgan fingerprint density at radius 3 is 1.96 bits per heavy atom. The lowest BCUT2D eigenvalue weighted by Gasteiger charge is -2.33. The van der Waals surface area contributed by atoms with Crippen molar-refractivity contribution in [3.05, 3.63) is 29.8 Å². The van der Waals surface area contributed by atoms with Crippen molar-refractivity contribution in [1.82, 2.24) is 10.0 Å². The Hall–Kier alpha value is -0.950. The van der Waals surface area contributed by atoms with Crippen LogP contribution >= 0.6 is 0 Å². The Kier molecular flexibility index (Phi) is 7.31. The molecular formula is C21H34N2O3S. The maximum Gasteiger partial charge on any atom is 0.240 e. The van der Waals surface area contributed by atoms with E-state index in [2.05, 4.69) is 10.0 Å². The lowest BCUT2D eigenvalue weighted by molar-refractivity contribution is 0.00589. The summed E-state index contributed by atoms with van der Waals surface area (Å²) >= 11 is 0. The zero-order chi connectivity index (χ0) is 19.2. The molecule has 0 spiro atoms. The molecule has 1 aromatic carbocycles. The second kappa shape index (κ2) is 9.50. The maximum absolute atomic E-state index is 12.8. The van der Waals surface area contributed by atoms with Gasteiger partial charge in [0.15, 0.2) is 0 Å². The van der Waals surface area contributed by atoms with Crippen LogP contribution in [0, 0.1) is 0 Å². The summed E-state index contributed by atoms with van der Waals surface area (Å²) < 4.78 is 28.6. The van der Waals surface area contributed by atoms with Crippen molar-refractivity contribution >= 4 is 10.0 Å². The van der Waals surface area contributed by atoms with Crippen molar-refractivity contribution in [2.75, 3.05) is 13.1 Å². The van der Waals surface area contributed by atoms with Gasteiger partial charge in [-0.25, -0.2) is 13.1 Å². The number of hydrogen-bond donors (Lipinski definition) is 3. The first-order valence-corrected chi connectivity index (χ1v) is 12.0. The lowest BCUT2D eigenvalue weighted by atomic mass is 9.85. The minimum atomic E-state index is -3.52. The molecule has 3 N–H and O–H groups in total. The van der Waals surface area contributed by atoms with E-state index < -0.39 is 15.6 Å². The zero-order valence-electron chi connectivity index (χ0n) is 16.3. The number of nitrogens with one attached hydrogen (secondary N) is 2. The molecule has 5 nitrogen and oxygen atoms in total. The van der Waals surface area contributed by atoms with E-state index in [1.54, 1.807) is 24.3 Å². The van der Waals surface area contributed by atoms with Crippen LogP contribution in [0.1, 0.15) is 76.2 Å². The van der Waals surface area contributed by atoms with Gasteiger partial charge in [0.2, 0.25) is 10.0 Å². The van der Waals surface area contributed by atoms with Crippen molar-refractivity contribution in [2.45, 2.75) is 87.2 Å². The van der Waals surface area contributed by atoms with E-state index >= 15 is 0 Å². The Bertz CT molecular complexity index is 672. The van der Waals surface area contributed by atoms with Crippen molar-refractivity contribution in [3.63, 3.8) is 0 Å². The van der Waals surface area contributed by atoms with E-state index in [0.29, 0.717) is 17.7 Å². The smallest absolute Gasteiger partial charge is 0.240 e. The lowest BCUT2D eigenvalue weighted by Crippen LogP contribution is -2.39. The molecule has 0 radical (unpaired) electrons. The van der Waals surface area contributed by atoms with E-state index in [1.807, 2.05) is 0 Å². The van der Waals surface area contributed by atoms with Crippen LogP contribution in [0.2, 0.25) is 0 Å². The van der Waals surface area contributed by atoms with Crippen LogP contribution in [0.15, 0.2) is 29.2 Å². The molecule has 3 rings (SSSR count). The number of hydrogen-bond acceptors (Lipinski definition) is 4. The first kappa shape index (κ1) is 20.8. The molecule has 0 unspecified atom stereocenters. The molecule has 6 heteroatoms. The standard InChI is InChI=1S/C21H34N2O3S/c24-21(14-16-22-17-15-21)18-10-12-20(13-11-18)27(25,26)23-19-8-6-4-2-1-3-5-7-9-19/h10-13,19,22-24H,1-9,14-17H2. The Morgan fingerprint density at radius 2 is 1.41 bits per heavy atom. The molecule has 1 heterocycles. The fraction of sp³-hybridized carbons (Fsp3) is 0.714. The summed E-state index contributed by atoms with van der Waals surface area (Å²) in [4.78, 5) is 0.292. The van der Waals surface area contributed by atoms with Gasteiger partial charge in [0.25, 0.3) is 0 Å². The summed E-state index contributed by atoms with van der Waals surface area (Å²) in [6, 6.07) is 6.84. The van der Waals surface area contributed by atoms with Crippen molar-refractivity contribution in [1.29, 1.82) is 0 Å². The highest BCUT2D eigenvalue weighted by atomic mass is 32.2. The minimum absolute atomic E-state index is 0.0291. The normalized spacial score (nSPS) is 23.0. The van der Waals surface area contributed by atoms with Crippen LogP contribution in [0.4, 0.5) is 0 Å². The number of sulfonamides is 1. The van der Waals surface area contributed by atoms with Gasteiger partial charge in [-0.05, 0) is 56.5 Å². The quantitative estimate of drug-likeness (QED) is 0.731. The van der Waals surface area contributed by atoms with Crippen LogP contribution in [-0.2, 0) is 15.6 Å². The van der Waals surface area contributed by atoms with Crippen LogP contribution in [0.5, 0.6) is 0 Å². The van der Waals surface area contributed by atoms with E-state index in [4.69, 9.17) is 0 Å². The molecule has 1 saturated carbocycles. The molecule has 1 aliphatic carbocycles. The molecule has 1 aliphatic heterocycles. The molecule has 2 aliphatic rings. The third-order valence-electron chi connectivity index (χ3n) is 6.06. The van der Waals surface area contributed by atoms with Gasteiger partial charge < -0.3 is 10.4 Å². The summed E-state index contributed by atoms with van der Waals surface area (Å²) in [6.07, 6.45) is 11.6. The van der Waals surface area contributed by atoms with Gasteiger partial charge in [-0.15, -0.1) is 0 Å². The van der Waals surface area contributed by atoms with Gasteiger partial charge in [-0.1, -0.05) is 57.1 Å². The monoisotopic (exact) mass is 394 g/mol. The summed E-state index contributed by atoms with van der Waals surface area (Å²) in [6.45, 7) is 1.56. The van der Waals surface area contributed by atoms with Crippen LogP contribution in [-0.4, -0.2) is 32.7 Å². The van der Waals surface area contributed by atoms with E-state index in [0.717, 1.165) is 44.3 Å². The average molecular weight is 395 g/mol. The average Bonchev–Trinajstić information content (AvgIpc) is 2.67. The highest BCUT2D eigenvalue weighted by molar-refractivity contribution is 7.89. The van der Waals surface area contributed by atoms with Gasteiger partial charge >= 0.3 is 0 Å². The van der Waals surface area contributed by atoms with Crippen molar-refractivity contribution in [2.24, 2.45) is 0 Å². The maximum atomic E-state index is 12.8. The summed E-state index contributed by atoms with van der Waals surface area (Å²) in [5.74, 6) is 0. The van der Waals surface area contributed by atoms with Gasteiger partial charge in [0.05, 0.1) is 10.5 Å². The molecule has 2 fully saturated rings. The Labute approximate surface area is 164 Å². The number of benzene rings is 1. The first-order chi connectivity index (χ1) is 13.0. The Morgan fingerprint density at radius 1 is 0.889 bits per heavy atom. The first-order valence-electron chi connectivity index (χ1n) is 10.6. The van der Waals surface area contributed by atoms with Crippen LogP contribution in [0.3, 0.4) is 0 Å². The number of piperidine rings is 1. The zero-order valence-corrected chi connectivity index (χ0v) is 17.1. The molecule has 0 aromatic heterocycles. The predicted octanol–water partition coefficient (Wildman–Crippen LogP) is 3.43. The number of rotatable bonds is 4. The fourth-order valence-corrected chi connectivity index (χ4v) is 5.59.